The molecule has 0 bridgehead atoms. The maximum atomic E-state index is 9.80. The van der Waals surface area contributed by atoms with E-state index in [0.29, 0.717) is 6.04 Å². The van der Waals surface area contributed by atoms with E-state index < -0.39 is 0 Å². The van der Waals surface area contributed by atoms with Crippen LogP contribution in [0, 0.1) is 0 Å². The van der Waals surface area contributed by atoms with Gasteiger partial charge in [-0.15, -0.1) is 0 Å². The Hall–Kier alpha value is -0.930. The molecule has 1 aliphatic carbocycles. The van der Waals surface area contributed by atoms with Crippen molar-refractivity contribution in [2.75, 3.05) is 13.6 Å². The summed E-state index contributed by atoms with van der Waals surface area (Å²) < 4.78 is 0. The lowest BCUT2D eigenvalue weighted by Crippen LogP contribution is -2.38. The van der Waals surface area contributed by atoms with Crippen molar-refractivity contribution in [2.45, 2.75) is 37.8 Å². The standard InChI is InChI=1S/C13H20N2O/c1-15(12-3-2-4-13(12)16)10-7-11-5-8-14-9-6-11/h5-6,8-9,12-13,16H,2-4,7,10H2,1H3/t12-,13-/m1/s1. The Morgan fingerprint density at radius 1 is 1.38 bits per heavy atom. The second-order valence-electron chi connectivity index (χ2n) is 4.65. The van der Waals surface area contributed by atoms with Crippen molar-refractivity contribution in [2.24, 2.45) is 0 Å². The van der Waals surface area contributed by atoms with E-state index in [1.165, 1.54) is 5.56 Å². The van der Waals surface area contributed by atoms with Gasteiger partial charge in [-0.25, -0.2) is 0 Å². The Morgan fingerprint density at radius 2 is 2.12 bits per heavy atom. The van der Waals surface area contributed by atoms with Crippen LogP contribution in [0.15, 0.2) is 24.5 Å². The fourth-order valence-electron chi connectivity index (χ4n) is 2.46. The minimum Gasteiger partial charge on any atom is -0.391 e. The molecule has 88 valence electrons. The molecule has 1 fully saturated rings. The highest BCUT2D eigenvalue weighted by atomic mass is 16.3. The molecule has 0 aliphatic heterocycles. The summed E-state index contributed by atoms with van der Waals surface area (Å²) in [6, 6.07) is 4.47. The van der Waals surface area contributed by atoms with Crippen molar-refractivity contribution in [1.29, 1.82) is 0 Å². The van der Waals surface area contributed by atoms with Crippen LogP contribution in [0.25, 0.3) is 0 Å². The first-order valence-corrected chi connectivity index (χ1v) is 6.04. The summed E-state index contributed by atoms with van der Waals surface area (Å²) in [7, 11) is 2.11. The minimum atomic E-state index is -0.123. The fraction of sp³-hybridized carbons (Fsp3) is 0.615. The van der Waals surface area contributed by atoms with Gasteiger partial charge in [-0.05, 0) is 50.4 Å². The Kier molecular flexibility index (Phi) is 3.91. The second kappa shape index (κ2) is 5.41. The first-order valence-electron chi connectivity index (χ1n) is 6.04. The monoisotopic (exact) mass is 220 g/mol. The maximum absolute atomic E-state index is 9.80. The highest BCUT2D eigenvalue weighted by molar-refractivity contribution is 5.10. The van der Waals surface area contributed by atoms with E-state index in [1.54, 1.807) is 0 Å². The summed E-state index contributed by atoms with van der Waals surface area (Å²) in [6.07, 6.45) is 7.83. The highest BCUT2D eigenvalue weighted by Crippen LogP contribution is 2.23. The first kappa shape index (κ1) is 11.6. The Balaban J connectivity index is 1.81. The van der Waals surface area contributed by atoms with Crippen molar-refractivity contribution in [3.8, 4) is 0 Å². The van der Waals surface area contributed by atoms with Crippen molar-refractivity contribution in [1.82, 2.24) is 9.88 Å². The molecule has 1 heterocycles. The van der Waals surface area contributed by atoms with Crippen LogP contribution in [0.1, 0.15) is 24.8 Å². The molecule has 3 heteroatoms. The minimum absolute atomic E-state index is 0.123. The largest absolute Gasteiger partial charge is 0.391 e. The lowest BCUT2D eigenvalue weighted by Gasteiger charge is -2.26. The van der Waals surface area contributed by atoms with E-state index >= 15 is 0 Å². The van der Waals surface area contributed by atoms with E-state index in [2.05, 4.69) is 29.1 Å². The second-order valence-corrected chi connectivity index (χ2v) is 4.65. The van der Waals surface area contributed by atoms with Crippen LogP contribution in [-0.4, -0.2) is 40.7 Å². The zero-order valence-corrected chi connectivity index (χ0v) is 9.84. The van der Waals surface area contributed by atoms with Gasteiger partial charge in [-0.2, -0.15) is 0 Å². The number of hydrogen-bond donors (Lipinski definition) is 1. The molecule has 0 unspecified atom stereocenters. The number of aliphatic hydroxyl groups is 1. The van der Waals surface area contributed by atoms with E-state index in [0.717, 1.165) is 32.2 Å². The average molecular weight is 220 g/mol. The molecule has 16 heavy (non-hydrogen) atoms. The normalized spacial score (nSPS) is 25.2. The smallest absolute Gasteiger partial charge is 0.0695 e. The molecular formula is C13H20N2O. The van der Waals surface area contributed by atoms with Gasteiger partial charge in [0.15, 0.2) is 0 Å². The highest BCUT2D eigenvalue weighted by Gasteiger charge is 2.28. The molecule has 2 atom stereocenters. The molecule has 1 aliphatic rings. The first-order chi connectivity index (χ1) is 7.77. The van der Waals surface area contributed by atoms with Gasteiger partial charge in [0, 0.05) is 25.0 Å². The lowest BCUT2D eigenvalue weighted by molar-refractivity contribution is 0.0870. The predicted octanol–water partition coefficient (Wildman–Crippen LogP) is 1.47. The Labute approximate surface area is 97.1 Å². The maximum Gasteiger partial charge on any atom is 0.0695 e. The van der Waals surface area contributed by atoms with Crippen molar-refractivity contribution < 1.29 is 5.11 Å². The molecular weight excluding hydrogens is 200 g/mol. The van der Waals surface area contributed by atoms with E-state index in [-0.39, 0.29) is 6.10 Å². The molecule has 1 saturated carbocycles. The topological polar surface area (TPSA) is 36.4 Å². The van der Waals surface area contributed by atoms with Crippen LogP contribution in [0.2, 0.25) is 0 Å². The number of nitrogens with zero attached hydrogens (tertiary/aromatic N) is 2. The van der Waals surface area contributed by atoms with E-state index in [9.17, 15) is 5.11 Å². The number of pyridine rings is 1. The van der Waals surface area contributed by atoms with Crippen molar-refractivity contribution >= 4 is 0 Å². The van der Waals surface area contributed by atoms with Gasteiger partial charge in [0.2, 0.25) is 0 Å². The molecule has 0 aromatic carbocycles. The van der Waals surface area contributed by atoms with Crippen molar-refractivity contribution in [3.63, 3.8) is 0 Å². The summed E-state index contributed by atoms with van der Waals surface area (Å²) in [5, 5.41) is 9.80. The zero-order valence-electron chi connectivity index (χ0n) is 9.84. The molecule has 0 amide bonds. The van der Waals surface area contributed by atoms with Gasteiger partial charge in [-0.1, -0.05) is 0 Å². The molecule has 0 spiro atoms. The molecule has 0 saturated heterocycles. The van der Waals surface area contributed by atoms with E-state index in [1.807, 2.05) is 12.4 Å². The predicted molar refractivity (Wildman–Crippen MR) is 64.2 cm³/mol. The number of aliphatic hydroxyl groups excluding tert-OH is 1. The van der Waals surface area contributed by atoms with Crippen LogP contribution >= 0.6 is 0 Å². The molecule has 1 aromatic heterocycles. The summed E-state index contributed by atoms with van der Waals surface area (Å²) in [4.78, 5) is 6.30. The molecule has 3 nitrogen and oxygen atoms in total. The Bertz CT molecular complexity index is 315. The van der Waals surface area contributed by atoms with Crippen LogP contribution in [-0.2, 0) is 6.42 Å². The third-order valence-corrected chi connectivity index (χ3v) is 3.51. The van der Waals surface area contributed by atoms with Gasteiger partial charge in [-0.3, -0.25) is 4.98 Å². The third kappa shape index (κ3) is 2.80. The summed E-state index contributed by atoms with van der Waals surface area (Å²) >= 11 is 0. The Morgan fingerprint density at radius 3 is 2.75 bits per heavy atom. The number of likely N-dealkylation sites (N-methyl/N-ethyl adjacent to an activating group) is 1. The van der Waals surface area contributed by atoms with Crippen LogP contribution in [0.4, 0.5) is 0 Å². The lowest BCUT2D eigenvalue weighted by atomic mass is 10.1. The van der Waals surface area contributed by atoms with Crippen LogP contribution in [0.5, 0.6) is 0 Å². The van der Waals surface area contributed by atoms with Gasteiger partial charge in [0.05, 0.1) is 6.10 Å². The van der Waals surface area contributed by atoms with Gasteiger partial charge in [0.25, 0.3) is 0 Å². The average Bonchev–Trinajstić information content (AvgIpc) is 2.74. The molecule has 1 N–H and O–H groups in total. The van der Waals surface area contributed by atoms with Crippen LogP contribution in [0.3, 0.4) is 0 Å². The molecule has 1 aromatic rings. The number of rotatable bonds is 4. The molecule has 0 radical (unpaired) electrons. The SMILES string of the molecule is CN(CCc1ccncc1)[C@@H]1CCC[C@H]1O. The summed E-state index contributed by atoms with van der Waals surface area (Å²) in [5.74, 6) is 0. The summed E-state index contributed by atoms with van der Waals surface area (Å²) in [5.41, 5.74) is 1.31. The summed E-state index contributed by atoms with van der Waals surface area (Å²) in [6.45, 7) is 1.01. The third-order valence-electron chi connectivity index (χ3n) is 3.51. The number of hydrogen-bond acceptors (Lipinski definition) is 3. The van der Waals surface area contributed by atoms with E-state index in [4.69, 9.17) is 0 Å². The fourth-order valence-corrected chi connectivity index (χ4v) is 2.46. The van der Waals surface area contributed by atoms with Gasteiger partial charge < -0.3 is 10.0 Å². The van der Waals surface area contributed by atoms with Gasteiger partial charge in [0.1, 0.15) is 0 Å². The number of aromatic nitrogens is 1. The van der Waals surface area contributed by atoms with Crippen molar-refractivity contribution in [3.05, 3.63) is 30.1 Å². The molecule has 2 rings (SSSR count). The van der Waals surface area contributed by atoms with Gasteiger partial charge >= 0.3 is 0 Å². The van der Waals surface area contributed by atoms with Crippen LogP contribution < -0.4 is 0 Å². The quantitative estimate of drug-likeness (QED) is 0.834. The zero-order chi connectivity index (χ0) is 11.4.